The van der Waals surface area contributed by atoms with E-state index < -0.39 is 0 Å². The first-order valence-corrected chi connectivity index (χ1v) is 4.81. The van der Waals surface area contributed by atoms with E-state index in [-0.39, 0.29) is 5.91 Å². The Labute approximate surface area is 86.6 Å². The Kier molecular flexibility index (Phi) is 1.54. The van der Waals surface area contributed by atoms with E-state index in [9.17, 15) is 4.79 Å². The molecule has 0 saturated carbocycles. The summed E-state index contributed by atoms with van der Waals surface area (Å²) in [6, 6.07) is 7.82. The zero-order valence-corrected chi connectivity index (χ0v) is 8.27. The normalized spacial score (nSPS) is 13.5. The smallest absolute Gasteiger partial charge is 0.238 e. The van der Waals surface area contributed by atoms with E-state index in [1.807, 2.05) is 24.3 Å². The van der Waals surface area contributed by atoms with Crippen LogP contribution in [0, 0.1) is 6.92 Å². The minimum absolute atomic E-state index is 0.0474. The molecule has 4 nitrogen and oxygen atoms in total. The fourth-order valence-corrected chi connectivity index (χ4v) is 1.97. The van der Waals surface area contributed by atoms with Gasteiger partial charge in [-0.25, -0.2) is 4.57 Å². The Morgan fingerprint density at radius 1 is 1.27 bits per heavy atom. The largest absolute Gasteiger partial charge is 0.274 e. The van der Waals surface area contributed by atoms with Crippen molar-refractivity contribution in [2.24, 2.45) is 0 Å². The van der Waals surface area contributed by atoms with E-state index >= 15 is 0 Å². The van der Waals surface area contributed by atoms with Crippen molar-refractivity contribution in [2.45, 2.75) is 13.3 Å². The van der Waals surface area contributed by atoms with Gasteiger partial charge in [0.2, 0.25) is 5.91 Å². The second-order valence-corrected chi connectivity index (χ2v) is 3.63. The molecule has 0 atom stereocenters. The van der Waals surface area contributed by atoms with Crippen molar-refractivity contribution in [3.8, 4) is 11.4 Å². The third kappa shape index (κ3) is 1.05. The van der Waals surface area contributed by atoms with Crippen LogP contribution in [-0.2, 0) is 6.42 Å². The zero-order valence-electron chi connectivity index (χ0n) is 8.27. The van der Waals surface area contributed by atoms with E-state index in [1.54, 1.807) is 11.5 Å². The number of fused-ring (bicyclic) bond motifs is 3. The lowest BCUT2D eigenvalue weighted by Gasteiger charge is -2.16. The Balaban J connectivity index is 2.35. The van der Waals surface area contributed by atoms with Gasteiger partial charge in [-0.05, 0) is 12.5 Å². The first-order valence-electron chi connectivity index (χ1n) is 4.81. The maximum absolute atomic E-state index is 11.8. The molecule has 0 spiro atoms. The minimum Gasteiger partial charge on any atom is -0.274 e. The second-order valence-electron chi connectivity index (χ2n) is 3.63. The Morgan fingerprint density at radius 3 is 2.93 bits per heavy atom. The van der Waals surface area contributed by atoms with E-state index in [0.717, 1.165) is 11.1 Å². The van der Waals surface area contributed by atoms with Crippen LogP contribution in [0.1, 0.15) is 16.2 Å². The van der Waals surface area contributed by atoms with Gasteiger partial charge in [-0.1, -0.05) is 24.3 Å². The maximum Gasteiger partial charge on any atom is 0.238 e. The second kappa shape index (κ2) is 2.76. The van der Waals surface area contributed by atoms with Crippen LogP contribution >= 0.6 is 0 Å². The fourth-order valence-electron chi connectivity index (χ4n) is 1.97. The number of nitrogens with zero attached hydrogens (tertiary/aromatic N) is 3. The van der Waals surface area contributed by atoms with Gasteiger partial charge in [0.25, 0.3) is 0 Å². The lowest BCUT2D eigenvalue weighted by atomic mass is 10.0. The predicted molar refractivity (Wildman–Crippen MR) is 54.5 cm³/mol. The monoisotopic (exact) mass is 199 g/mol. The Morgan fingerprint density at radius 2 is 2.07 bits per heavy atom. The van der Waals surface area contributed by atoms with Gasteiger partial charge >= 0.3 is 0 Å². The molecular formula is C11H9N3O. The standard InChI is InChI=1S/C11H9N3O/c1-7-12-13-11-9-5-3-2-4-8(9)6-10(15)14(7)11/h2-5H,6H2,1H3. The molecule has 0 fully saturated rings. The summed E-state index contributed by atoms with van der Waals surface area (Å²) in [5, 5.41) is 7.98. The number of hydrogen-bond donors (Lipinski definition) is 0. The van der Waals surface area contributed by atoms with Gasteiger partial charge in [-0.15, -0.1) is 10.2 Å². The van der Waals surface area contributed by atoms with Gasteiger partial charge in [0.15, 0.2) is 5.82 Å². The molecule has 0 saturated heterocycles. The summed E-state index contributed by atoms with van der Waals surface area (Å²) < 4.78 is 1.59. The Hall–Kier alpha value is -1.97. The van der Waals surface area contributed by atoms with Crippen LogP contribution in [0.4, 0.5) is 0 Å². The minimum atomic E-state index is 0.0474. The summed E-state index contributed by atoms with van der Waals surface area (Å²) in [5.74, 6) is 1.37. The van der Waals surface area contributed by atoms with Gasteiger partial charge < -0.3 is 0 Å². The molecule has 3 rings (SSSR count). The van der Waals surface area contributed by atoms with Crippen LogP contribution in [0.25, 0.3) is 11.4 Å². The van der Waals surface area contributed by atoms with Gasteiger partial charge in [0, 0.05) is 5.56 Å². The summed E-state index contributed by atoms with van der Waals surface area (Å²) in [4.78, 5) is 11.8. The predicted octanol–water partition coefficient (Wildman–Crippen LogP) is 1.45. The van der Waals surface area contributed by atoms with E-state index in [1.165, 1.54) is 0 Å². The summed E-state index contributed by atoms with van der Waals surface area (Å²) >= 11 is 0. The lowest BCUT2D eigenvalue weighted by Crippen LogP contribution is -2.21. The third-order valence-electron chi connectivity index (χ3n) is 2.67. The highest BCUT2D eigenvalue weighted by Crippen LogP contribution is 2.27. The van der Waals surface area contributed by atoms with Crippen molar-refractivity contribution in [3.63, 3.8) is 0 Å². The molecule has 74 valence electrons. The van der Waals surface area contributed by atoms with Crippen molar-refractivity contribution in [3.05, 3.63) is 35.7 Å². The first kappa shape index (κ1) is 8.35. The maximum atomic E-state index is 11.8. The fraction of sp³-hybridized carbons (Fsp3) is 0.182. The average molecular weight is 199 g/mol. The molecule has 15 heavy (non-hydrogen) atoms. The lowest BCUT2D eigenvalue weighted by molar-refractivity contribution is 0.0910. The highest BCUT2D eigenvalue weighted by molar-refractivity contribution is 5.90. The molecule has 2 heterocycles. The van der Waals surface area contributed by atoms with Crippen LogP contribution < -0.4 is 0 Å². The molecule has 0 amide bonds. The number of aromatic nitrogens is 3. The highest BCUT2D eigenvalue weighted by atomic mass is 16.2. The first-order chi connectivity index (χ1) is 7.27. The molecule has 0 unspecified atom stereocenters. The van der Waals surface area contributed by atoms with Gasteiger partial charge in [-0.2, -0.15) is 0 Å². The summed E-state index contributed by atoms with van der Waals surface area (Å²) in [6.07, 6.45) is 0.433. The summed E-state index contributed by atoms with van der Waals surface area (Å²) in [5.41, 5.74) is 2.04. The van der Waals surface area contributed by atoms with Crippen molar-refractivity contribution < 1.29 is 4.79 Å². The molecule has 0 bridgehead atoms. The van der Waals surface area contributed by atoms with Crippen LogP contribution in [0.5, 0.6) is 0 Å². The molecule has 0 aliphatic carbocycles. The SMILES string of the molecule is Cc1nnc2n1C(=O)Cc1ccccc1-2. The third-order valence-corrected chi connectivity index (χ3v) is 2.67. The Bertz CT molecular complexity index is 557. The topological polar surface area (TPSA) is 47.8 Å². The molecule has 0 radical (unpaired) electrons. The molecule has 1 aromatic carbocycles. The quantitative estimate of drug-likeness (QED) is 0.645. The van der Waals surface area contributed by atoms with Gasteiger partial charge in [0.1, 0.15) is 5.82 Å². The van der Waals surface area contributed by atoms with Crippen LogP contribution in [0.15, 0.2) is 24.3 Å². The molecule has 2 aromatic rings. The van der Waals surface area contributed by atoms with Crippen LogP contribution in [0.2, 0.25) is 0 Å². The van der Waals surface area contributed by atoms with Crippen molar-refractivity contribution in [1.82, 2.24) is 14.8 Å². The molecule has 1 aromatic heterocycles. The number of rotatable bonds is 0. The van der Waals surface area contributed by atoms with E-state index in [4.69, 9.17) is 0 Å². The molecule has 1 aliphatic rings. The van der Waals surface area contributed by atoms with Crippen LogP contribution in [-0.4, -0.2) is 20.7 Å². The number of hydrogen-bond acceptors (Lipinski definition) is 3. The number of carbonyl (C=O) groups is 1. The van der Waals surface area contributed by atoms with Crippen molar-refractivity contribution in [1.29, 1.82) is 0 Å². The van der Waals surface area contributed by atoms with E-state index in [0.29, 0.717) is 18.1 Å². The van der Waals surface area contributed by atoms with Gasteiger partial charge in [-0.3, -0.25) is 4.79 Å². The molecular weight excluding hydrogens is 190 g/mol. The summed E-state index contributed by atoms with van der Waals surface area (Å²) in [7, 11) is 0. The summed E-state index contributed by atoms with van der Waals surface area (Å²) in [6.45, 7) is 1.79. The van der Waals surface area contributed by atoms with Gasteiger partial charge in [0.05, 0.1) is 6.42 Å². The van der Waals surface area contributed by atoms with Crippen molar-refractivity contribution in [2.75, 3.05) is 0 Å². The average Bonchev–Trinajstić information content (AvgIpc) is 2.62. The van der Waals surface area contributed by atoms with Crippen LogP contribution in [0.3, 0.4) is 0 Å². The number of aryl methyl sites for hydroxylation is 1. The van der Waals surface area contributed by atoms with Crippen molar-refractivity contribution >= 4 is 5.91 Å². The highest BCUT2D eigenvalue weighted by Gasteiger charge is 2.24. The molecule has 0 N–H and O–H groups in total. The number of benzene rings is 1. The zero-order chi connectivity index (χ0) is 10.4. The molecule has 4 heteroatoms. The molecule has 1 aliphatic heterocycles. The number of carbonyl (C=O) groups excluding carboxylic acids is 1. The van der Waals surface area contributed by atoms with E-state index in [2.05, 4.69) is 10.2 Å².